The number of carbonyl (C=O) groups is 16. The third kappa shape index (κ3) is 32.1. The Bertz CT molecular complexity index is 5530. The van der Waals surface area contributed by atoms with Crippen molar-refractivity contribution in [2.24, 2.45) is 47.3 Å². The van der Waals surface area contributed by atoms with Crippen LogP contribution in [0.5, 0.6) is 0 Å². The van der Waals surface area contributed by atoms with Crippen molar-refractivity contribution < 1.29 is 81.8 Å². The molecule has 16 amide bonds. The number of fused-ring (bicyclic) bond motifs is 4. The van der Waals surface area contributed by atoms with E-state index in [0.717, 1.165) is 27.4 Å². The molecule has 0 saturated carbocycles. The molecule has 37 nitrogen and oxygen atoms in total. The molecule has 0 saturated heterocycles. The molecule has 0 aliphatic carbocycles. The number of aliphatic hydroxyl groups excluding tert-OH is 1. The van der Waals surface area contributed by atoms with Crippen molar-refractivity contribution in [3.8, 4) is 0 Å². The Balaban J connectivity index is 1.00. The first kappa shape index (κ1) is 109. The van der Waals surface area contributed by atoms with Gasteiger partial charge in [-0.15, -0.1) is 0 Å². The van der Waals surface area contributed by atoms with Gasteiger partial charge in [0, 0.05) is 108 Å². The third-order valence-corrected chi connectivity index (χ3v) is 23.7. The molecule has 0 fully saturated rings. The second-order valence-electron chi connectivity index (χ2n) is 38.6. The SMILES string of the molecule is CC(=O)N[C@H](C(=O)NCC(=O)N[C@@H](C)C(=O)N[C@H](CC(C)C)C(=O)N[C@@H](C)C(=O)N[C@@H](C(=O)N[C@H](C(=O)N[C@@H](C(=O)N[C@@H](Cc1c[nH]c2ccccc12)C(=O)N[C@H](CC(C)C)C(=O)N[C@@H](Cc1c[nH]c2ccccc12)C(=O)N[C@H](CC(C)C)C(=O)N[C@@H](Cc1c[nH]c2ccccc12)C(=O)N[C@H](CC(C)C)C(=O)N[C@@H](Cc1c[nH]c2ccccc12)C(=O)NCCO)C(C)C)C(C)C)C(C)C)C(C)C. The van der Waals surface area contributed by atoms with Crippen LogP contribution >= 0.6 is 0 Å². The van der Waals surface area contributed by atoms with Gasteiger partial charge in [-0.2, -0.15) is 0 Å². The molecule has 0 aliphatic heterocycles. The van der Waals surface area contributed by atoms with Crippen molar-refractivity contribution in [2.45, 2.75) is 268 Å². The zero-order chi connectivity index (χ0) is 101. The highest BCUT2D eigenvalue weighted by molar-refractivity contribution is 6.02. The molecule has 4 aromatic carbocycles. The lowest BCUT2D eigenvalue weighted by Gasteiger charge is -2.31. The number of aromatic nitrogens is 4. The molecule has 4 heterocycles. The molecular weight excluding hydrogens is 1750 g/mol. The van der Waals surface area contributed by atoms with Gasteiger partial charge in [0.05, 0.1) is 13.2 Å². The number of para-hydroxylation sites is 4. The van der Waals surface area contributed by atoms with Crippen LogP contribution in [0, 0.1) is 47.3 Å². The Morgan fingerprint density at radius 2 is 0.504 bits per heavy atom. The summed E-state index contributed by atoms with van der Waals surface area (Å²) in [6, 6.07) is 11.2. The van der Waals surface area contributed by atoms with Crippen molar-refractivity contribution in [3.05, 3.63) is 144 Å². The Morgan fingerprint density at radius 3 is 0.803 bits per heavy atom. The van der Waals surface area contributed by atoms with Crippen LogP contribution in [0.4, 0.5) is 0 Å². The lowest BCUT2D eigenvalue weighted by molar-refractivity contribution is -0.137. The molecule has 0 aliphatic rings. The molecule has 37 heteroatoms. The number of amides is 16. The smallest absolute Gasteiger partial charge is 0.243 e. The fourth-order valence-electron chi connectivity index (χ4n) is 16.4. The fraction of sp³-hybridized carbons (Fsp3) is 0.520. The average molecular weight is 1900 g/mol. The van der Waals surface area contributed by atoms with Crippen LogP contribution in [0.2, 0.25) is 0 Å². The number of H-pyrrole nitrogens is 4. The molecule has 8 aromatic rings. The van der Waals surface area contributed by atoms with Crippen LogP contribution in [0.25, 0.3) is 43.6 Å². The zero-order valence-electron chi connectivity index (χ0n) is 82.0. The van der Waals surface area contributed by atoms with E-state index in [4.69, 9.17) is 0 Å². The van der Waals surface area contributed by atoms with Crippen LogP contribution in [0.3, 0.4) is 0 Å². The van der Waals surface area contributed by atoms with E-state index >= 15 is 28.8 Å². The van der Waals surface area contributed by atoms with Crippen LogP contribution in [-0.2, 0) is 102 Å². The number of nitrogens with one attached hydrogen (secondary N) is 20. The van der Waals surface area contributed by atoms with Gasteiger partial charge in [-0.25, -0.2) is 0 Å². The summed E-state index contributed by atoms with van der Waals surface area (Å²) in [7, 11) is 0. The third-order valence-electron chi connectivity index (χ3n) is 23.7. The van der Waals surface area contributed by atoms with E-state index in [1.165, 1.54) is 20.8 Å². The van der Waals surface area contributed by atoms with E-state index < -0.39 is 203 Å². The molecule has 14 atom stereocenters. The maximum absolute atomic E-state index is 15.6. The van der Waals surface area contributed by atoms with E-state index in [-0.39, 0.29) is 94.1 Å². The highest BCUT2D eigenvalue weighted by atomic mass is 16.3. The highest BCUT2D eigenvalue weighted by Crippen LogP contribution is 2.26. The first-order chi connectivity index (χ1) is 64.8. The summed E-state index contributed by atoms with van der Waals surface area (Å²) in [4.78, 5) is 242. The molecule has 137 heavy (non-hydrogen) atoms. The number of rotatable bonds is 52. The summed E-state index contributed by atoms with van der Waals surface area (Å²) in [5.74, 6) is -15.0. The minimum atomic E-state index is -1.48. The summed E-state index contributed by atoms with van der Waals surface area (Å²) in [6.45, 7) is 31.0. The molecule has 744 valence electrons. The summed E-state index contributed by atoms with van der Waals surface area (Å²) < 4.78 is 0. The van der Waals surface area contributed by atoms with Crippen molar-refractivity contribution in [2.75, 3.05) is 19.7 Å². The lowest BCUT2D eigenvalue weighted by atomic mass is 9.97. The summed E-state index contributed by atoms with van der Waals surface area (Å²) >= 11 is 0. The molecular formula is C100H142N20O17. The Hall–Kier alpha value is -13.5. The summed E-state index contributed by atoms with van der Waals surface area (Å²) in [5.41, 5.74) is 5.50. The minimum absolute atomic E-state index is 0.0107. The number of carbonyl (C=O) groups excluding carboxylic acids is 16. The quantitative estimate of drug-likeness (QED) is 0.0244. The summed E-state index contributed by atoms with van der Waals surface area (Å²) in [5, 5.41) is 56.7. The predicted molar refractivity (Wildman–Crippen MR) is 522 cm³/mol. The Morgan fingerprint density at radius 1 is 0.263 bits per heavy atom. The maximum Gasteiger partial charge on any atom is 0.243 e. The Labute approximate surface area is 799 Å². The van der Waals surface area contributed by atoms with Gasteiger partial charge in [0.25, 0.3) is 0 Å². The topological polar surface area (TPSA) is 549 Å². The Kier molecular flexibility index (Phi) is 40.9. The van der Waals surface area contributed by atoms with Gasteiger partial charge < -0.3 is 110 Å². The lowest BCUT2D eigenvalue weighted by Crippen LogP contribution is -2.62. The van der Waals surface area contributed by atoms with Gasteiger partial charge in [0.15, 0.2) is 0 Å². The van der Waals surface area contributed by atoms with Gasteiger partial charge in [-0.3, -0.25) is 76.7 Å². The molecule has 0 unspecified atom stereocenters. The van der Waals surface area contributed by atoms with Crippen molar-refractivity contribution in [3.63, 3.8) is 0 Å². The molecule has 0 spiro atoms. The normalized spacial score (nSPS) is 14.7. The predicted octanol–water partition coefficient (Wildman–Crippen LogP) is 4.76. The fourth-order valence-corrected chi connectivity index (χ4v) is 16.4. The maximum atomic E-state index is 15.6. The first-order valence-corrected chi connectivity index (χ1v) is 47.4. The van der Waals surface area contributed by atoms with E-state index in [1.807, 2.05) is 133 Å². The van der Waals surface area contributed by atoms with Crippen molar-refractivity contribution in [1.82, 2.24) is 105 Å². The van der Waals surface area contributed by atoms with Crippen LogP contribution in [0.1, 0.15) is 179 Å². The highest BCUT2D eigenvalue weighted by Gasteiger charge is 2.41. The van der Waals surface area contributed by atoms with Crippen molar-refractivity contribution >= 4 is 138 Å². The number of hydrogen-bond donors (Lipinski definition) is 21. The average Bonchev–Trinajstić information content (AvgIpc) is 1.77. The number of benzene rings is 4. The van der Waals surface area contributed by atoms with E-state index in [9.17, 15) is 53.1 Å². The van der Waals surface area contributed by atoms with E-state index in [2.05, 4.69) is 105 Å². The number of aromatic amines is 4. The zero-order valence-corrected chi connectivity index (χ0v) is 82.0. The largest absolute Gasteiger partial charge is 0.395 e. The van der Waals surface area contributed by atoms with E-state index in [1.54, 1.807) is 100 Å². The van der Waals surface area contributed by atoms with Gasteiger partial charge in [-0.05, 0) is 133 Å². The molecule has 0 bridgehead atoms. The standard InChI is InChI=1S/C100H142N20O17/c1-51(2)38-74(110-87(124)59(17)107-82(123)50-106-97(134)83(55(9)10)109-61(19)122)90(127)108-60(18)88(125)118-85(57(13)14)99(136)120-86(58(15)16)100(137)119-84(56(11)12)98(135)117-81(45-65-49-105-73-35-27-23-31-69(65)73)96(133)113-77(41-54(7)8)93(130)116-80(44-64-48-104-72-34-26-22-30-68(64)72)95(132)112-76(40-53(5)6)92(129)115-79(43-63-47-103-71-33-25-21-29-67(63)71)94(131)111-75(39-52(3)4)91(128)114-78(89(126)101-36-37-121)42-62-46-102-70-32-24-20-28-66(62)70/h20-35,46-49,51-60,74-81,83-86,102-105,121H,36-45,50H2,1-19H3,(H,101,126)(H,106,134)(H,107,123)(H,108,127)(H,109,122)(H,110,124)(H,111,131)(H,112,132)(H,113,133)(H,114,128)(H,115,129)(H,116,130)(H,117,135)(H,118,125)(H,119,137)(H,120,136)/t59-,60-,74+,75+,76+,77+,78-,79-,80-,81-,83-,84+,85+,86-/m0/s1. The molecule has 21 N–H and O–H groups in total. The number of hydrogen-bond acceptors (Lipinski definition) is 17. The van der Waals surface area contributed by atoms with E-state index in [0.29, 0.717) is 38.5 Å². The second kappa shape index (κ2) is 51.5. The monoisotopic (exact) mass is 1900 g/mol. The van der Waals surface area contributed by atoms with Gasteiger partial charge in [-0.1, -0.05) is 184 Å². The molecule has 4 aromatic heterocycles. The van der Waals surface area contributed by atoms with Crippen LogP contribution in [0.15, 0.2) is 122 Å². The second-order valence-corrected chi connectivity index (χ2v) is 38.6. The molecule has 8 rings (SSSR count). The minimum Gasteiger partial charge on any atom is -0.395 e. The van der Waals surface area contributed by atoms with Crippen molar-refractivity contribution in [1.29, 1.82) is 0 Å². The van der Waals surface area contributed by atoms with Crippen LogP contribution in [-0.4, -0.2) is 224 Å². The van der Waals surface area contributed by atoms with Gasteiger partial charge >= 0.3 is 0 Å². The summed E-state index contributed by atoms with van der Waals surface area (Å²) in [6.07, 6.45) is 6.64. The van der Waals surface area contributed by atoms with Crippen LogP contribution < -0.4 is 85.1 Å². The molecule has 0 radical (unpaired) electrons. The number of aliphatic hydroxyl groups is 1. The van der Waals surface area contributed by atoms with Gasteiger partial charge in [0.2, 0.25) is 94.5 Å². The van der Waals surface area contributed by atoms with Gasteiger partial charge in [0.1, 0.15) is 84.6 Å². The first-order valence-electron chi connectivity index (χ1n) is 47.4.